The van der Waals surface area contributed by atoms with Crippen molar-refractivity contribution in [3.05, 3.63) is 17.9 Å². The van der Waals surface area contributed by atoms with Gasteiger partial charge in [0.1, 0.15) is 5.75 Å². The maximum Gasteiger partial charge on any atom is 0.387 e. The Bertz CT molecular complexity index is 344. The van der Waals surface area contributed by atoms with Gasteiger partial charge in [-0.1, -0.05) is 0 Å². The van der Waals surface area contributed by atoms with Gasteiger partial charge in [0.15, 0.2) is 11.6 Å². The SMILES string of the molecule is CCOc1cc(OC(F)F)c(F)cc1N. The van der Waals surface area contributed by atoms with E-state index in [4.69, 9.17) is 10.5 Å². The first-order chi connectivity index (χ1) is 7.04. The molecule has 0 aliphatic heterocycles. The quantitative estimate of drug-likeness (QED) is 0.794. The Morgan fingerprint density at radius 3 is 2.53 bits per heavy atom. The molecule has 84 valence electrons. The van der Waals surface area contributed by atoms with Crippen LogP contribution in [0.1, 0.15) is 6.92 Å². The van der Waals surface area contributed by atoms with Gasteiger partial charge in [-0.25, -0.2) is 4.39 Å². The number of anilines is 1. The molecule has 15 heavy (non-hydrogen) atoms. The van der Waals surface area contributed by atoms with E-state index < -0.39 is 18.2 Å². The molecule has 3 nitrogen and oxygen atoms in total. The molecule has 0 spiro atoms. The first-order valence-electron chi connectivity index (χ1n) is 4.21. The van der Waals surface area contributed by atoms with Crippen molar-refractivity contribution in [1.82, 2.24) is 0 Å². The zero-order valence-corrected chi connectivity index (χ0v) is 7.97. The summed E-state index contributed by atoms with van der Waals surface area (Å²) in [5.74, 6) is -1.41. The number of ether oxygens (including phenoxy) is 2. The Morgan fingerprint density at radius 1 is 1.33 bits per heavy atom. The van der Waals surface area contributed by atoms with Crippen LogP contribution in [0.15, 0.2) is 12.1 Å². The zero-order valence-electron chi connectivity index (χ0n) is 7.97. The van der Waals surface area contributed by atoms with Crippen LogP contribution in [0.3, 0.4) is 0 Å². The second-order valence-electron chi connectivity index (χ2n) is 2.63. The number of halogens is 3. The van der Waals surface area contributed by atoms with Gasteiger partial charge in [0.2, 0.25) is 0 Å². The maximum atomic E-state index is 13.0. The van der Waals surface area contributed by atoms with E-state index in [0.29, 0.717) is 6.61 Å². The van der Waals surface area contributed by atoms with Crippen LogP contribution in [-0.4, -0.2) is 13.2 Å². The van der Waals surface area contributed by atoms with Gasteiger partial charge in [0.25, 0.3) is 0 Å². The standard InChI is InChI=1S/C9H10F3NO2/c1-2-14-8-4-7(15-9(11)12)5(10)3-6(8)13/h3-4,9H,2,13H2,1H3. The second kappa shape index (κ2) is 4.77. The molecule has 0 atom stereocenters. The van der Waals surface area contributed by atoms with Crippen molar-refractivity contribution < 1.29 is 22.6 Å². The Kier molecular flexibility index (Phi) is 3.65. The lowest BCUT2D eigenvalue weighted by atomic mass is 10.2. The average Bonchev–Trinajstić information content (AvgIpc) is 2.12. The number of nitrogen functional groups attached to an aromatic ring is 1. The fourth-order valence-electron chi connectivity index (χ4n) is 1.02. The first-order valence-corrected chi connectivity index (χ1v) is 4.21. The number of hydrogen-bond acceptors (Lipinski definition) is 3. The van der Waals surface area contributed by atoms with Crippen LogP contribution < -0.4 is 15.2 Å². The van der Waals surface area contributed by atoms with Gasteiger partial charge >= 0.3 is 6.61 Å². The maximum absolute atomic E-state index is 13.0. The molecule has 0 heterocycles. The van der Waals surface area contributed by atoms with Crippen LogP contribution in [0, 0.1) is 5.82 Å². The molecule has 6 heteroatoms. The highest BCUT2D eigenvalue weighted by Gasteiger charge is 2.13. The topological polar surface area (TPSA) is 44.5 Å². The lowest BCUT2D eigenvalue weighted by molar-refractivity contribution is -0.0522. The third kappa shape index (κ3) is 2.93. The first kappa shape index (κ1) is 11.5. The van der Waals surface area contributed by atoms with Crippen molar-refractivity contribution in [2.45, 2.75) is 13.5 Å². The van der Waals surface area contributed by atoms with E-state index in [1.54, 1.807) is 6.92 Å². The lowest BCUT2D eigenvalue weighted by Crippen LogP contribution is -2.05. The van der Waals surface area contributed by atoms with Gasteiger partial charge < -0.3 is 15.2 Å². The summed E-state index contributed by atoms with van der Waals surface area (Å²) in [7, 11) is 0. The number of nitrogens with two attached hydrogens (primary N) is 1. The van der Waals surface area contributed by atoms with Gasteiger partial charge in [-0.2, -0.15) is 8.78 Å². The molecule has 0 saturated heterocycles. The minimum atomic E-state index is -3.09. The van der Waals surface area contributed by atoms with Crippen LogP contribution in [0.5, 0.6) is 11.5 Å². The van der Waals surface area contributed by atoms with E-state index >= 15 is 0 Å². The van der Waals surface area contributed by atoms with E-state index in [9.17, 15) is 13.2 Å². The van der Waals surface area contributed by atoms with E-state index in [2.05, 4.69) is 4.74 Å². The number of hydrogen-bond donors (Lipinski definition) is 1. The molecule has 0 bridgehead atoms. The van der Waals surface area contributed by atoms with Crippen LogP contribution in [-0.2, 0) is 0 Å². The van der Waals surface area contributed by atoms with E-state index in [1.807, 2.05) is 0 Å². The number of alkyl halides is 2. The highest BCUT2D eigenvalue weighted by Crippen LogP contribution is 2.30. The monoisotopic (exact) mass is 221 g/mol. The lowest BCUT2D eigenvalue weighted by Gasteiger charge is -2.10. The van der Waals surface area contributed by atoms with Crippen LogP contribution in [0.25, 0.3) is 0 Å². The molecule has 0 radical (unpaired) electrons. The van der Waals surface area contributed by atoms with Crippen molar-refractivity contribution in [3.63, 3.8) is 0 Å². The minimum Gasteiger partial charge on any atom is -0.492 e. The highest BCUT2D eigenvalue weighted by atomic mass is 19.3. The van der Waals surface area contributed by atoms with Gasteiger partial charge in [0.05, 0.1) is 12.3 Å². The molecule has 2 N–H and O–H groups in total. The molecule has 0 amide bonds. The Balaban J connectivity index is 3.00. The summed E-state index contributed by atoms with van der Waals surface area (Å²) in [6.45, 7) is -1.10. The van der Waals surface area contributed by atoms with Gasteiger partial charge in [-0.15, -0.1) is 0 Å². The van der Waals surface area contributed by atoms with Crippen molar-refractivity contribution in [1.29, 1.82) is 0 Å². The number of benzene rings is 1. The fraction of sp³-hybridized carbons (Fsp3) is 0.333. The molecular weight excluding hydrogens is 211 g/mol. The van der Waals surface area contributed by atoms with Gasteiger partial charge in [0, 0.05) is 12.1 Å². The smallest absolute Gasteiger partial charge is 0.387 e. The normalized spacial score (nSPS) is 10.5. The third-order valence-corrected chi connectivity index (χ3v) is 1.58. The van der Waals surface area contributed by atoms with Crippen molar-refractivity contribution in [2.24, 2.45) is 0 Å². The van der Waals surface area contributed by atoms with E-state index in [0.717, 1.165) is 12.1 Å². The summed E-state index contributed by atoms with van der Waals surface area (Å²) in [5.41, 5.74) is 5.44. The van der Waals surface area contributed by atoms with Crippen LogP contribution in [0.2, 0.25) is 0 Å². The van der Waals surface area contributed by atoms with Gasteiger partial charge in [-0.3, -0.25) is 0 Å². The molecule has 0 saturated carbocycles. The summed E-state index contributed by atoms with van der Waals surface area (Å²) >= 11 is 0. The van der Waals surface area contributed by atoms with E-state index in [1.165, 1.54) is 0 Å². The summed E-state index contributed by atoms with van der Waals surface area (Å²) < 4.78 is 45.7. The molecule has 1 rings (SSSR count). The second-order valence-corrected chi connectivity index (χ2v) is 2.63. The number of rotatable bonds is 4. The Morgan fingerprint density at radius 2 is 2.00 bits per heavy atom. The molecule has 0 fully saturated rings. The molecule has 0 aliphatic carbocycles. The molecule has 0 aromatic heterocycles. The molecule has 0 unspecified atom stereocenters. The Labute approximate surface area is 84.6 Å². The molecule has 1 aromatic carbocycles. The predicted octanol–water partition coefficient (Wildman–Crippen LogP) is 2.41. The summed E-state index contributed by atoms with van der Waals surface area (Å²) in [6.07, 6.45) is 0. The Hall–Kier alpha value is -1.59. The van der Waals surface area contributed by atoms with E-state index in [-0.39, 0.29) is 11.4 Å². The van der Waals surface area contributed by atoms with Crippen molar-refractivity contribution in [3.8, 4) is 11.5 Å². The highest BCUT2D eigenvalue weighted by molar-refractivity contribution is 5.56. The van der Waals surface area contributed by atoms with Gasteiger partial charge in [-0.05, 0) is 6.92 Å². The summed E-state index contributed by atoms with van der Waals surface area (Å²) in [6, 6.07) is 1.88. The molecule has 0 aliphatic rings. The van der Waals surface area contributed by atoms with Crippen molar-refractivity contribution >= 4 is 5.69 Å². The predicted molar refractivity (Wildman–Crippen MR) is 48.6 cm³/mol. The molecular formula is C9H10F3NO2. The largest absolute Gasteiger partial charge is 0.492 e. The average molecular weight is 221 g/mol. The van der Waals surface area contributed by atoms with Crippen LogP contribution >= 0.6 is 0 Å². The van der Waals surface area contributed by atoms with Crippen molar-refractivity contribution in [2.75, 3.05) is 12.3 Å². The summed E-state index contributed by atoms with van der Waals surface area (Å²) in [4.78, 5) is 0. The zero-order chi connectivity index (χ0) is 11.4. The fourth-order valence-corrected chi connectivity index (χ4v) is 1.02. The third-order valence-electron chi connectivity index (χ3n) is 1.58. The summed E-state index contributed by atoms with van der Waals surface area (Å²) in [5, 5.41) is 0. The van der Waals surface area contributed by atoms with Crippen LogP contribution in [0.4, 0.5) is 18.9 Å². The minimum absolute atomic E-state index is 0.0379. The molecule has 1 aromatic rings.